The number of aliphatic hydroxyl groups excluding tert-OH is 1. The molecule has 1 aromatic heterocycles. The lowest BCUT2D eigenvalue weighted by atomic mass is 10.0. The van der Waals surface area contributed by atoms with Crippen LogP contribution in [0.5, 0.6) is 0 Å². The normalized spacial score (nSPS) is 11.5. The van der Waals surface area contributed by atoms with Crippen molar-refractivity contribution in [1.82, 2.24) is 9.97 Å². The summed E-state index contributed by atoms with van der Waals surface area (Å²) in [5, 5.41) is 12.1. The highest BCUT2D eigenvalue weighted by Crippen LogP contribution is 2.15. The zero-order chi connectivity index (χ0) is 11.5. The van der Waals surface area contributed by atoms with Gasteiger partial charge in [0.2, 0.25) is 5.95 Å². The van der Waals surface area contributed by atoms with E-state index in [1.165, 1.54) is 0 Å². The zero-order valence-electron chi connectivity index (χ0n) is 9.83. The molecule has 0 aliphatic carbocycles. The Morgan fingerprint density at radius 2 is 1.80 bits per heavy atom. The van der Waals surface area contributed by atoms with Crippen LogP contribution in [0.25, 0.3) is 0 Å². The number of hydrogen-bond acceptors (Lipinski definition) is 4. The standard InChI is InChI=1S/C11H19N3O/c1-8-7-9(2)13-10(12-8)14-11(3,4)5-6-15/h7,15H,5-6H2,1-4H3,(H,12,13,14). The Bertz CT molecular complexity index is 316. The molecule has 0 unspecified atom stereocenters. The largest absolute Gasteiger partial charge is 0.396 e. The molecule has 0 aliphatic rings. The number of anilines is 1. The van der Waals surface area contributed by atoms with E-state index < -0.39 is 0 Å². The maximum absolute atomic E-state index is 8.91. The molecule has 0 saturated heterocycles. The van der Waals surface area contributed by atoms with Crippen LogP contribution in [0.1, 0.15) is 31.7 Å². The Kier molecular flexibility index (Phi) is 3.63. The Morgan fingerprint density at radius 3 is 2.27 bits per heavy atom. The minimum Gasteiger partial charge on any atom is -0.396 e. The number of aryl methyl sites for hydroxylation is 2. The van der Waals surface area contributed by atoms with E-state index >= 15 is 0 Å². The fourth-order valence-corrected chi connectivity index (χ4v) is 1.43. The van der Waals surface area contributed by atoms with Gasteiger partial charge in [0.05, 0.1) is 0 Å². The first-order valence-corrected chi connectivity index (χ1v) is 5.14. The number of aliphatic hydroxyl groups is 1. The van der Waals surface area contributed by atoms with Crippen LogP contribution in [0.2, 0.25) is 0 Å². The van der Waals surface area contributed by atoms with Crippen LogP contribution in [0.3, 0.4) is 0 Å². The van der Waals surface area contributed by atoms with Crippen molar-refractivity contribution in [1.29, 1.82) is 0 Å². The highest BCUT2D eigenvalue weighted by molar-refractivity contribution is 5.30. The fraction of sp³-hybridized carbons (Fsp3) is 0.636. The highest BCUT2D eigenvalue weighted by atomic mass is 16.3. The van der Waals surface area contributed by atoms with Gasteiger partial charge in [0.1, 0.15) is 0 Å². The molecule has 2 N–H and O–H groups in total. The van der Waals surface area contributed by atoms with E-state index in [4.69, 9.17) is 5.11 Å². The van der Waals surface area contributed by atoms with E-state index in [0.717, 1.165) is 11.4 Å². The van der Waals surface area contributed by atoms with Gasteiger partial charge in [0.15, 0.2) is 0 Å². The van der Waals surface area contributed by atoms with Gasteiger partial charge >= 0.3 is 0 Å². The molecule has 0 saturated carbocycles. The predicted octanol–water partition coefficient (Wildman–Crippen LogP) is 1.67. The van der Waals surface area contributed by atoms with E-state index in [2.05, 4.69) is 15.3 Å². The molecule has 84 valence electrons. The Balaban J connectivity index is 2.80. The third kappa shape index (κ3) is 3.83. The SMILES string of the molecule is Cc1cc(C)nc(NC(C)(C)CCO)n1. The minimum atomic E-state index is -0.186. The second-order valence-corrected chi connectivity index (χ2v) is 4.46. The summed E-state index contributed by atoms with van der Waals surface area (Å²) in [5.74, 6) is 0.631. The molecular weight excluding hydrogens is 190 g/mol. The molecule has 4 nitrogen and oxygen atoms in total. The van der Waals surface area contributed by atoms with Gasteiger partial charge in [-0.1, -0.05) is 0 Å². The lowest BCUT2D eigenvalue weighted by Gasteiger charge is -2.25. The van der Waals surface area contributed by atoms with Gasteiger partial charge in [0, 0.05) is 23.5 Å². The maximum atomic E-state index is 8.91. The van der Waals surface area contributed by atoms with Crippen LogP contribution in [-0.2, 0) is 0 Å². The van der Waals surface area contributed by atoms with Crippen LogP contribution >= 0.6 is 0 Å². The van der Waals surface area contributed by atoms with Crippen molar-refractivity contribution in [2.24, 2.45) is 0 Å². The summed E-state index contributed by atoms with van der Waals surface area (Å²) >= 11 is 0. The average Bonchev–Trinajstić information content (AvgIpc) is 1.99. The molecule has 0 amide bonds. The van der Waals surface area contributed by atoms with E-state index in [1.807, 2.05) is 33.8 Å². The van der Waals surface area contributed by atoms with Crippen molar-refractivity contribution in [3.05, 3.63) is 17.5 Å². The molecule has 0 aliphatic heterocycles. The van der Waals surface area contributed by atoms with Crippen LogP contribution in [0.4, 0.5) is 5.95 Å². The van der Waals surface area contributed by atoms with Gasteiger partial charge in [-0.25, -0.2) is 9.97 Å². The number of aromatic nitrogens is 2. The van der Waals surface area contributed by atoms with Gasteiger partial charge in [-0.15, -0.1) is 0 Å². The minimum absolute atomic E-state index is 0.158. The third-order valence-electron chi connectivity index (χ3n) is 2.17. The molecule has 0 atom stereocenters. The Hall–Kier alpha value is -1.16. The second kappa shape index (κ2) is 4.57. The topological polar surface area (TPSA) is 58.0 Å². The highest BCUT2D eigenvalue weighted by Gasteiger charge is 2.17. The first-order valence-electron chi connectivity index (χ1n) is 5.14. The zero-order valence-corrected chi connectivity index (χ0v) is 9.83. The molecule has 0 radical (unpaired) electrons. The smallest absolute Gasteiger partial charge is 0.223 e. The van der Waals surface area contributed by atoms with E-state index in [-0.39, 0.29) is 12.1 Å². The number of rotatable bonds is 4. The van der Waals surface area contributed by atoms with Crippen LogP contribution in [-0.4, -0.2) is 27.2 Å². The Labute approximate surface area is 90.8 Å². The van der Waals surface area contributed by atoms with E-state index in [1.54, 1.807) is 0 Å². The molecule has 0 fully saturated rings. The van der Waals surface area contributed by atoms with Crippen LogP contribution in [0.15, 0.2) is 6.07 Å². The lowest BCUT2D eigenvalue weighted by Crippen LogP contribution is -2.33. The summed E-state index contributed by atoms with van der Waals surface area (Å²) in [6.07, 6.45) is 0.670. The lowest BCUT2D eigenvalue weighted by molar-refractivity contribution is 0.260. The summed E-state index contributed by atoms with van der Waals surface area (Å²) in [5.41, 5.74) is 1.71. The van der Waals surface area contributed by atoms with Gasteiger partial charge < -0.3 is 10.4 Å². The van der Waals surface area contributed by atoms with Gasteiger partial charge in [-0.05, 0) is 40.2 Å². The monoisotopic (exact) mass is 209 g/mol. The van der Waals surface area contributed by atoms with E-state index in [0.29, 0.717) is 12.4 Å². The third-order valence-corrected chi connectivity index (χ3v) is 2.17. The predicted molar refractivity (Wildman–Crippen MR) is 60.9 cm³/mol. The average molecular weight is 209 g/mol. The van der Waals surface area contributed by atoms with Gasteiger partial charge in [0.25, 0.3) is 0 Å². The van der Waals surface area contributed by atoms with Crippen molar-refractivity contribution in [2.75, 3.05) is 11.9 Å². The summed E-state index contributed by atoms with van der Waals surface area (Å²) in [4.78, 5) is 8.60. The number of nitrogens with one attached hydrogen (secondary N) is 1. The van der Waals surface area contributed by atoms with Crippen LogP contribution < -0.4 is 5.32 Å². The summed E-state index contributed by atoms with van der Waals surface area (Å²) in [6.45, 7) is 8.08. The van der Waals surface area contributed by atoms with Gasteiger partial charge in [-0.3, -0.25) is 0 Å². The molecule has 1 aromatic rings. The first kappa shape index (κ1) is 11.9. The number of nitrogens with zero attached hydrogens (tertiary/aromatic N) is 2. The quantitative estimate of drug-likeness (QED) is 0.792. The molecular formula is C11H19N3O. The summed E-state index contributed by atoms with van der Waals surface area (Å²) < 4.78 is 0. The molecule has 1 heterocycles. The molecule has 15 heavy (non-hydrogen) atoms. The molecule has 1 rings (SSSR count). The molecule has 0 bridgehead atoms. The van der Waals surface area contributed by atoms with Gasteiger partial charge in [-0.2, -0.15) is 0 Å². The molecule has 4 heteroatoms. The fourth-order valence-electron chi connectivity index (χ4n) is 1.43. The molecule has 0 aromatic carbocycles. The summed E-state index contributed by atoms with van der Waals surface area (Å²) in [6, 6.07) is 1.93. The Morgan fingerprint density at radius 1 is 1.27 bits per heavy atom. The van der Waals surface area contributed by atoms with Crippen LogP contribution in [0, 0.1) is 13.8 Å². The first-order chi connectivity index (χ1) is 6.93. The van der Waals surface area contributed by atoms with Crippen molar-refractivity contribution in [2.45, 2.75) is 39.7 Å². The molecule has 0 spiro atoms. The number of hydrogen-bond donors (Lipinski definition) is 2. The van der Waals surface area contributed by atoms with Crippen molar-refractivity contribution >= 4 is 5.95 Å². The van der Waals surface area contributed by atoms with E-state index in [9.17, 15) is 0 Å². The van der Waals surface area contributed by atoms with Crippen molar-refractivity contribution in [3.8, 4) is 0 Å². The van der Waals surface area contributed by atoms with Crippen molar-refractivity contribution < 1.29 is 5.11 Å². The summed E-state index contributed by atoms with van der Waals surface area (Å²) in [7, 11) is 0. The maximum Gasteiger partial charge on any atom is 0.223 e. The second-order valence-electron chi connectivity index (χ2n) is 4.46. The van der Waals surface area contributed by atoms with Crippen molar-refractivity contribution in [3.63, 3.8) is 0 Å².